The lowest BCUT2D eigenvalue weighted by Crippen LogP contribution is -2.37. The van der Waals surface area contributed by atoms with Gasteiger partial charge in [0.1, 0.15) is 0 Å². The molecule has 0 unspecified atom stereocenters. The van der Waals surface area contributed by atoms with E-state index in [0.29, 0.717) is 13.1 Å². The van der Waals surface area contributed by atoms with Crippen LogP contribution in [-0.4, -0.2) is 58.9 Å². The number of fused-ring (bicyclic) bond motifs is 1. The summed E-state index contributed by atoms with van der Waals surface area (Å²) < 4.78 is 29.8. The van der Waals surface area contributed by atoms with Gasteiger partial charge in [-0.05, 0) is 39.8 Å². The third-order valence-electron chi connectivity index (χ3n) is 4.96. The molecule has 1 saturated heterocycles. The van der Waals surface area contributed by atoms with Gasteiger partial charge in [0, 0.05) is 38.8 Å². The van der Waals surface area contributed by atoms with Crippen LogP contribution in [0.4, 0.5) is 0 Å². The van der Waals surface area contributed by atoms with Crippen LogP contribution >= 0.6 is 0 Å². The lowest BCUT2D eigenvalue weighted by Gasteiger charge is -2.26. The van der Waals surface area contributed by atoms with Gasteiger partial charge >= 0.3 is 0 Å². The number of nitrogens with zero attached hydrogens (tertiary/aromatic N) is 5. The molecule has 0 aliphatic carbocycles. The van der Waals surface area contributed by atoms with Crippen molar-refractivity contribution in [3.8, 4) is 0 Å². The van der Waals surface area contributed by atoms with Gasteiger partial charge in [0.15, 0.2) is 0 Å². The van der Waals surface area contributed by atoms with E-state index in [1.54, 1.807) is 18.4 Å². The normalized spacial score (nSPS) is 20.2. The summed E-state index contributed by atoms with van der Waals surface area (Å²) in [7, 11) is -0.224. The lowest BCUT2D eigenvalue weighted by molar-refractivity contribution is 0.216. The number of hydrogen-bond acceptors (Lipinski definition) is 4. The molecule has 0 N–H and O–H groups in total. The molecule has 0 aromatic carbocycles. The predicted molar refractivity (Wildman–Crippen MR) is 93.6 cm³/mol. The number of aromatic nitrogens is 2. The van der Waals surface area contributed by atoms with Crippen LogP contribution in [0.15, 0.2) is 0 Å². The highest BCUT2D eigenvalue weighted by molar-refractivity contribution is 7.86. The maximum atomic E-state index is 12.5. The van der Waals surface area contributed by atoms with E-state index in [-0.39, 0.29) is 6.04 Å². The quantitative estimate of drug-likeness (QED) is 0.804. The fourth-order valence-corrected chi connectivity index (χ4v) is 4.62. The zero-order valence-electron chi connectivity index (χ0n) is 15.2. The molecule has 136 valence electrons. The summed E-state index contributed by atoms with van der Waals surface area (Å²) in [6, 6.07) is 0.232. The van der Waals surface area contributed by atoms with E-state index < -0.39 is 10.2 Å². The summed E-state index contributed by atoms with van der Waals surface area (Å²) >= 11 is 0. The minimum atomic E-state index is -3.39. The van der Waals surface area contributed by atoms with Crippen molar-refractivity contribution >= 4 is 10.2 Å². The van der Waals surface area contributed by atoms with E-state index in [0.717, 1.165) is 36.6 Å². The molecule has 3 heterocycles. The van der Waals surface area contributed by atoms with Crippen molar-refractivity contribution in [1.29, 1.82) is 0 Å². The molecule has 2 aliphatic heterocycles. The molecule has 2 aliphatic rings. The summed E-state index contributed by atoms with van der Waals surface area (Å²) in [5.74, 6) is 0. The van der Waals surface area contributed by atoms with Gasteiger partial charge in [0.2, 0.25) is 0 Å². The van der Waals surface area contributed by atoms with Gasteiger partial charge in [-0.1, -0.05) is 6.42 Å². The Morgan fingerprint density at radius 3 is 2.38 bits per heavy atom. The minimum absolute atomic E-state index is 0.232. The number of piperidine rings is 1. The van der Waals surface area contributed by atoms with Crippen molar-refractivity contribution in [1.82, 2.24) is 23.3 Å². The first-order chi connectivity index (χ1) is 11.3. The Hall–Kier alpha value is -0.960. The van der Waals surface area contributed by atoms with Gasteiger partial charge in [0.25, 0.3) is 10.2 Å². The smallest absolute Gasteiger partial charge is 0.282 e. The van der Waals surface area contributed by atoms with Gasteiger partial charge in [-0.2, -0.15) is 22.1 Å². The standard InChI is InChI=1S/C16H29N5O2S/c1-13(2)21-16-12-20(24(22,23)18(3)4)10-14(16)15(17-21)11-19-8-6-5-7-9-19/h13H,5-12H2,1-4H3. The fourth-order valence-electron chi connectivity index (χ4n) is 3.58. The maximum Gasteiger partial charge on any atom is 0.282 e. The minimum Gasteiger partial charge on any atom is -0.297 e. The van der Waals surface area contributed by atoms with E-state index >= 15 is 0 Å². The van der Waals surface area contributed by atoms with Gasteiger partial charge in [-0.25, -0.2) is 0 Å². The Kier molecular flexibility index (Phi) is 5.01. The van der Waals surface area contributed by atoms with Crippen LogP contribution in [0, 0.1) is 0 Å². The summed E-state index contributed by atoms with van der Waals surface area (Å²) in [4.78, 5) is 2.44. The van der Waals surface area contributed by atoms with Crippen LogP contribution in [0.3, 0.4) is 0 Å². The number of hydrogen-bond donors (Lipinski definition) is 0. The fraction of sp³-hybridized carbons (Fsp3) is 0.812. The summed E-state index contributed by atoms with van der Waals surface area (Å²) in [6.07, 6.45) is 3.80. The molecule has 0 atom stereocenters. The Bertz CT molecular complexity index is 690. The highest BCUT2D eigenvalue weighted by atomic mass is 32.2. The molecule has 0 radical (unpaired) electrons. The molecule has 1 fully saturated rings. The number of likely N-dealkylation sites (tertiary alicyclic amines) is 1. The molecule has 0 spiro atoms. The monoisotopic (exact) mass is 355 g/mol. The first kappa shape index (κ1) is 17.8. The van der Waals surface area contributed by atoms with E-state index in [9.17, 15) is 8.42 Å². The Balaban J connectivity index is 1.88. The first-order valence-electron chi connectivity index (χ1n) is 8.79. The van der Waals surface area contributed by atoms with E-state index in [2.05, 4.69) is 18.7 Å². The molecule has 0 bridgehead atoms. The maximum absolute atomic E-state index is 12.5. The number of rotatable bonds is 5. The summed E-state index contributed by atoms with van der Waals surface area (Å²) in [5.41, 5.74) is 3.22. The summed E-state index contributed by atoms with van der Waals surface area (Å²) in [6.45, 7) is 8.11. The second kappa shape index (κ2) is 6.74. The Labute approximate surface area is 145 Å². The van der Waals surface area contributed by atoms with Crippen LogP contribution in [0.5, 0.6) is 0 Å². The van der Waals surface area contributed by atoms with E-state index in [1.165, 1.54) is 23.6 Å². The largest absolute Gasteiger partial charge is 0.297 e. The van der Waals surface area contributed by atoms with Crippen molar-refractivity contribution in [3.63, 3.8) is 0 Å². The second-order valence-electron chi connectivity index (χ2n) is 7.31. The second-order valence-corrected chi connectivity index (χ2v) is 9.45. The Morgan fingerprint density at radius 2 is 1.79 bits per heavy atom. The van der Waals surface area contributed by atoms with Crippen molar-refractivity contribution < 1.29 is 8.42 Å². The average molecular weight is 356 g/mol. The highest BCUT2D eigenvalue weighted by Crippen LogP contribution is 2.31. The molecule has 1 aromatic rings. The van der Waals surface area contributed by atoms with Gasteiger partial charge in [0.05, 0.1) is 17.9 Å². The highest BCUT2D eigenvalue weighted by Gasteiger charge is 2.36. The zero-order valence-corrected chi connectivity index (χ0v) is 16.0. The predicted octanol–water partition coefficient (Wildman–Crippen LogP) is 1.57. The van der Waals surface area contributed by atoms with Gasteiger partial charge in [-0.15, -0.1) is 0 Å². The first-order valence-corrected chi connectivity index (χ1v) is 10.2. The van der Waals surface area contributed by atoms with Crippen LogP contribution < -0.4 is 0 Å². The average Bonchev–Trinajstić information content (AvgIpc) is 3.09. The molecule has 24 heavy (non-hydrogen) atoms. The van der Waals surface area contributed by atoms with Gasteiger partial charge < -0.3 is 0 Å². The molecular formula is C16H29N5O2S. The summed E-state index contributed by atoms with van der Waals surface area (Å²) in [5, 5.41) is 4.83. The molecule has 8 heteroatoms. The molecule has 0 saturated carbocycles. The third kappa shape index (κ3) is 3.24. The van der Waals surface area contributed by atoms with E-state index in [4.69, 9.17) is 5.10 Å². The van der Waals surface area contributed by atoms with Crippen LogP contribution in [-0.2, 0) is 29.8 Å². The van der Waals surface area contributed by atoms with E-state index in [1.807, 2.05) is 4.68 Å². The molecular weight excluding hydrogens is 326 g/mol. The van der Waals surface area contributed by atoms with Crippen LogP contribution in [0.1, 0.15) is 56.1 Å². The lowest BCUT2D eigenvalue weighted by atomic mass is 10.1. The SMILES string of the molecule is CC(C)n1nc(CN2CCCCC2)c2c1CN(S(=O)(=O)N(C)C)C2. The Morgan fingerprint density at radius 1 is 1.12 bits per heavy atom. The van der Waals surface area contributed by atoms with Crippen molar-refractivity contribution in [3.05, 3.63) is 17.0 Å². The zero-order chi connectivity index (χ0) is 17.5. The van der Waals surface area contributed by atoms with Crippen LogP contribution in [0.2, 0.25) is 0 Å². The van der Waals surface area contributed by atoms with Crippen LogP contribution in [0.25, 0.3) is 0 Å². The molecule has 0 amide bonds. The van der Waals surface area contributed by atoms with Crippen molar-refractivity contribution in [2.75, 3.05) is 27.2 Å². The van der Waals surface area contributed by atoms with Gasteiger partial charge in [-0.3, -0.25) is 9.58 Å². The van der Waals surface area contributed by atoms with Crippen molar-refractivity contribution in [2.45, 2.75) is 58.8 Å². The van der Waals surface area contributed by atoms with Crippen molar-refractivity contribution in [2.24, 2.45) is 0 Å². The topological polar surface area (TPSA) is 61.7 Å². The molecule has 1 aromatic heterocycles. The molecule has 7 nitrogen and oxygen atoms in total. The molecule has 3 rings (SSSR count). The third-order valence-corrected chi connectivity index (χ3v) is 6.79.